The van der Waals surface area contributed by atoms with Crippen molar-refractivity contribution in [3.05, 3.63) is 60.0 Å². The number of amides is 1. The van der Waals surface area contributed by atoms with Crippen molar-refractivity contribution in [3.8, 4) is 5.75 Å². The predicted molar refractivity (Wildman–Crippen MR) is 109 cm³/mol. The molecule has 3 N–H and O–H groups in total. The minimum absolute atomic E-state index is 0.00829. The summed E-state index contributed by atoms with van der Waals surface area (Å²) in [6, 6.07) is 13.6. The monoisotopic (exact) mass is 394 g/mol. The molecule has 0 saturated carbocycles. The summed E-state index contributed by atoms with van der Waals surface area (Å²) >= 11 is 0. The van der Waals surface area contributed by atoms with Crippen molar-refractivity contribution >= 4 is 11.6 Å². The first kappa shape index (κ1) is 19.4. The van der Waals surface area contributed by atoms with Crippen molar-refractivity contribution in [1.29, 1.82) is 0 Å². The standard InChI is InChI=1S/C21H26N6O2/c1-13-17(20(25-23-13)15-7-9-16(29-3)10-8-15)12-19(28)22-14(2)21-26-24-18-6-4-5-11-27(18)21/h4-11,13-14,17,20,23,25H,12H2,1-3H3,(H,22,28). The van der Waals surface area contributed by atoms with Crippen LogP contribution in [0.2, 0.25) is 0 Å². The van der Waals surface area contributed by atoms with Crippen molar-refractivity contribution < 1.29 is 9.53 Å². The quantitative estimate of drug-likeness (QED) is 0.593. The maximum Gasteiger partial charge on any atom is 0.220 e. The fourth-order valence-electron chi connectivity index (χ4n) is 3.89. The summed E-state index contributed by atoms with van der Waals surface area (Å²) in [7, 11) is 1.65. The van der Waals surface area contributed by atoms with Crippen LogP contribution in [-0.2, 0) is 4.79 Å². The van der Waals surface area contributed by atoms with Crippen LogP contribution in [0.4, 0.5) is 0 Å². The molecule has 0 bridgehead atoms. The van der Waals surface area contributed by atoms with Crippen molar-refractivity contribution in [1.82, 2.24) is 30.8 Å². The number of fused-ring (bicyclic) bond motifs is 1. The topological polar surface area (TPSA) is 92.6 Å². The van der Waals surface area contributed by atoms with Gasteiger partial charge in [-0.25, -0.2) is 5.43 Å². The van der Waals surface area contributed by atoms with Crippen LogP contribution in [0.3, 0.4) is 0 Å². The summed E-state index contributed by atoms with van der Waals surface area (Å²) in [5, 5.41) is 11.5. The molecule has 1 aliphatic heterocycles. The molecule has 1 aliphatic rings. The number of benzene rings is 1. The molecule has 0 spiro atoms. The van der Waals surface area contributed by atoms with Crippen LogP contribution in [-0.4, -0.2) is 33.7 Å². The Bertz CT molecular complexity index is 986. The van der Waals surface area contributed by atoms with Crippen molar-refractivity contribution in [3.63, 3.8) is 0 Å². The Morgan fingerprint density at radius 3 is 2.76 bits per heavy atom. The van der Waals surface area contributed by atoms with Crippen LogP contribution in [0, 0.1) is 5.92 Å². The molecular formula is C21H26N6O2. The van der Waals surface area contributed by atoms with Gasteiger partial charge in [-0.1, -0.05) is 18.2 Å². The van der Waals surface area contributed by atoms with Crippen molar-refractivity contribution in [2.75, 3.05) is 7.11 Å². The van der Waals surface area contributed by atoms with Crippen LogP contribution in [0.15, 0.2) is 48.7 Å². The summed E-state index contributed by atoms with van der Waals surface area (Å²) in [5.41, 5.74) is 8.48. The number of methoxy groups -OCH3 is 1. The van der Waals surface area contributed by atoms with E-state index < -0.39 is 0 Å². The molecule has 3 heterocycles. The second kappa shape index (κ2) is 8.18. The Morgan fingerprint density at radius 1 is 1.21 bits per heavy atom. The second-order valence-corrected chi connectivity index (χ2v) is 7.47. The number of nitrogens with one attached hydrogen (secondary N) is 3. The number of hydrogen-bond donors (Lipinski definition) is 3. The molecule has 1 amide bonds. The zero-order valence-corrected chi connectivity index (χ0v) is 16.8. The highest BCUT2D eigenvalue weighted by atomic mass is 16.5. The molecule has 8 heteroatoms. The van der Waals surface area contributed by atoms with Gasteiger partial charge in [-0.3, -0.25) is 14.6 Å². The number of nitrogens with zero attached hydrogens (tertiary/aromatic N) is 3. The third-order valence-electron chi connectivity index (χ3n) is 5.54. The van der Waals surface area contributed by atoms with Crippen molar-refractivity contribution in [2.45, 2.75) is 38.4 Å². The Kier molecular flexibility index (Phi) is 5.46. The van der Waals surface area contributed by atoms with Gasteiger partial charge in [-0.2, -0.15) is 0 Å². The SMILES string of the molecule is COc1ccc(C2NNC(C)C2CC(=O)NC(C)c2nnc3ccccn23)cc1. The fourth-order valence-corrected chi connectivity index (χ4v) is 3.89. The first-order valence-corrected chi connectivity index (χ1v) is 9.81. The third-order valence-corrected chi connectivity index (χ3v) is 5.54. The molecule has 1 saturated heterocycles. The first-order chi connectivity index (χ1) is 14.1. The zero-order chi connectivity index (χ0) is 20.4. The number of ether oxygens (including phenoxy) is 1. The van der Waals surface area contributed by atoms with Crippen LogP contribution >= 0.6 is 0 Å². The average molecular weight is 394 g/mol. The molecule has 8 nitrogen and oxygen atoms in total. The molecule has 1 aromatic carbocycles. The van der Waals surface area contributed by atoms with E-state index in [0.717, 1.165) is 22.8 Å². The number of aromatic nitrogens is 3. The summed E-state index contributed by atoms with van der Waals surface area (Å²) in [6.07, 6.45) is 2.30. The van der Waals surface area contributed by atoms with Gasteiger partial charge >= 0.3 is 0 Å². The van der Waals surface area contributed by atoms with E-state index >= 15 is 0 Å². The number of pyridine rings is 1. The summed E-state index contributed by atoms with van der Waals surface area (Å²) in [5.74, 6) is 1.64. The Labute approximate surface area is 169 Å². The molecule has 0 aliphatic carbocycles. The van der Waals surface area contributed by atoms with Gasteiger partial charge in [0.05, 0.1) is 19.2 Å². The zero-order valence-electron chi connectivity index (χ0n) is 16.8. The molecule has 0 radical (unpaired) electrons. The number of carbonyl (C=O) groups is 1. The molecule has 29 heavy (non-hydrogen) atoms. The normalized spacial score (nSPS) is 22.5. The lowest BCUT2D eigenvalue weighted by molar-refractivity contribution is -0.122. The predicted octanol–water partition coefficient (Wildman–Crippen LogP) is 2.16. The van der Waals surface area contributed by atoms with E-state index in [1.807, 2.05) is 60.0 Å². The van der Waals surface area contributed by atoms with Gasteiger partial charge in [0.15, 0.2) is 11.5 Å². The molecular weight excluding hydrogens is 368 g/mol. The summed E-state index contributed by atoms with van der Waals surface area (Å²) < 4.78 is 7.14. The van der Waals surface area contributed by atoms with E-state index in [2.05, 4.69) is 33.3 Å². The summed E-state index contributed by atoms with van der Waals surface area (Å²) in [4.78, 5) is 12.8. The molecule has 4 atom stereocenters. The van der Waals surface area contributed by atoms with Crippen LogP contribution in [0.1, 0.15) is 43.7 Å². The van der Waals surface area contributed by atoms with E-state index in [0.29, 0.717) is 6.42 Å². The van der Waals surface area contributed by atoms with Gasteiger partial charge in [0.2, 0.25) is 5.91 Å². The second-order valence-electron chi connectivity index (χ2n) is 7.47. The van der Waals surface area contributed by atoms with E-state index in [-0.39, 0.29) is 30.0 Å². The molecule has 4 unspecified atom stereocenters. The van der Waals surface area contributed by atoms with Gasteiger partial charge in [0, 0.05) is 24.6 Å². The van der Waals surface area contributed by atoms with Gasteiger partial charge in [-0.15, -0.1) is 10.2 Å². The van der Waals surface area contributed by atoms with Gasteiger partial charge < -0.3 is 10.1 Å². The minimum atomic E-state index is -0.239. The lowest BCUT2D eigenvalue weighted by atomic mass is 9.87. The van der Waals surface area contributed by atoms with E-state index in [1.54, 1.807) is 7.11 Å². The number of carbonyl (C=O) groups excluding carboxylic acids is 1. The van der Waals surface area contributed by atoms with Crippen LogP contribution in [0.25, 0.3) is 5.65 Å². The molecule has 4 rings (SSSR count). The van der Waals surface area contributed by atoms with E-state index in [1.165, 1.54) is 0 Å². The van der Waals surface area contributed by atoms with Gasteiger partial charge in [-0.05, 0) is 43.7 Å². The minimum Gasteiger partial charge on any atom is -0.497 e. The van der Waals surface area contributed by atoms with Crippen LogP contribution in [0.5, 0.6) is 5.75 Å². The average Bonchev–Trinajstić information content (AvgIpc) is 3.32. The van der Waals surface area contributed by atoms with E-state index in [9.17, 15) is 4.79 Å². The maximum absolute atomic E-state index is 12.8. The molecule has 1 fully saturated rings. The highest BCUT2D eigenvalue weighted by molar-refractivity contribution is 5.76. The Balaban J connectivity index is 1.44. The lowest BCUT2D eigenvalue weighted by Gasteiger charge is -2.22. The highest BCUT2D eigenvalue weighted by Crippen LogP contribution is 2.32. The van der Waals surface area contributed by atoms with Crippen molar-refractivity contribution in [2.24, 2.45) is 5.92 Å². The van der Waals surface area contributed by atoms with Gasteiger partial charge in [0.1, 0.15) is 5.75 Å². The smallest absolute Gasteiger partial charge is 0.220 e. The Morgan fingerprint density at radius 2 is 2.00 bits per heavy atom. The third kappa shape index (κ3) is 3.94. The molecule has 152 valence electrons. The first-order valence-electron chi connectivity index (χ1n) is 9.81. The van der Waals surface area contributed by atoms with Crippen LogP contribution < -0.4 is 20.9 Å². The summed E-state index contributed by atoms with van der Waals surface area (Å²) in [6.45, 7) is 4.01. The molecule has 2 aromatic heterocycles. The van der Waals surface area contributed by atoms with E-state index in [4.69, 9.17) is 4.74 Å². The Hall–Kier alpha value is -2.97. The maximum atomic E-state index is 12.8. The largest absolute Gasteiger partial charge is 0.497 e. The molecule has 3 aromatic rings. The number of hydrazine groups is 1. The number of rotatable bonds is 6. The van der Waals surface area contributed by atoms with Gasteiger partial charge in [0.25, 0.3) is 0 Å². The highest BCUT2D eigenvalue weighted by Gasteiger charge is 2.35. The number of hydrogen-bond acceptors (Lipinski definition) is 6. The fraction of sp³-hybridized carbons (Fsp3) is 0.381. The lowest BCUT2D eigenvalue weighted by Crippen LogP contribution is -2.33.